The first kappa shape index (κ1) is 22.4. The Morgan fingerprint density at radius 2 is 1.71 bits per heavy atom. The van der Waals surface area contributed by atoms with Gasteiger partial charge in [-0.1, -0.05) is 30.3 Å². The molecule has 3 rings (SSSR count). The van der Waals surface area contributed by atoms with Crippen LogP contribution in [0.3, 0.4) is 0 Å². The molecule has 0 aliphatic rings. The van der Waals surface area contributed by atoms with E-state index < -0.39 is 10.0 Å². The number of carbonyl (C=O) groups excluding carboxylic acids is 1. The summed E-state index contributed by atoms with van der Waals surface area (Å²) in [6.07, 6.45) is 0.675. The molecule has 0 radical (unpaired) electrons. The van der Waals surface area contributed by atoms with Crippen LogP contribution in [-0.2, 0) is 16.4 Å². The monoisotopic (exact) mass is 438 g/mol. The van der Waals surface area contributed by atoms with Crippen molar-refractivity contribution in [2.24, 2.45) is 0 Å². The van der Waals surface area contributed by atoms with Crippen LogP contribution < -0.4 is 14.8 Å². The van der Waals surface area contributed by atoms with Gasteiger partial charge < -0.3 is 10.1 Å². The number of hydrogen-bond donors (Lipinski definition) is 2. The Morgan fingerprint density at radius 3 is 2.42 bits per heavy atom. The Kier molecular flexibility index (Phi) is 6.97. The molecule has 0 aliphatic heterocycles. The Bertz CT molecular complexity index is 1170. The molecule has 6 nitrogen and oxygen atoms in total. The molecule has 3 aromatic carbocycles. The highest BCUT2D eigenvalue weighted by molar-refractivity contribution is 7.92. The second-order valence-electron chi connectivity index (χ2n) is 7.31. The highest BCUT2D eigenvalue weighted by atomic mass is 32.2. The molecule has 31 heavy (non-hydrogen) atoms. The zero-order valence-electron chi connectivity index (χ0n) is 17.8. The molecule has 0 aliphatic carbocycles. The zero-order valence-corrected chi connectivity index (χ0v) is 18.6. The predicted molar refractivity (Wildman–Crippen MR) is 122 cm³/mol. The van der Waals surface area contributed by atoms with E-state index in [1.807, 2.05) is 37.3 Å². The van der Waals surface area contributed by atoms with E-state index in [1.54, 1.807) is 44.4 Å². The summed E-state index contributed by atoms with van der Waals surface area (Å²) >= 11 is 0. The molecule has 0 heterocycles. The number of nitrogens with one attached hydrogen (secondary N) is 2. The first-order valence-electron chi connectivity index (χ1n) is 9.90. The average Bonchev–Trinajstić information content (AvgIpc) is 2.75. The topological polar surface area (TPSA) is 84.5 Å². The molecule has 0 fully saturated rings. The van der Waals surface area contributed by atoms with Crippen molar-refractivity contribution in [2.45, 2.75) is 25.2 Å². The molecule has 162 valence electrons. The highest BCUT2D eigenvalue weighted by Crippen LogP contribution is 2.21. The molecule has 1 amide bonds. The molecule has 0 bridgehead atoms. The molecule has 0 spiro atoms. The third-order valence-corrected chi connectivity index (χ3v) is 6.39. The number of aryl methyl sites for hydroxylation is 2. The minimum Gasteiger partial charge on any atom is -0.497 e. The van der Waals surface area contributed by atoms with Crippen molar-refractivity contribution in [3.63, 3.8) is 0 Å². The third kappa shape index (κ3) is 5.86. The number of hydrogen-bond acceptors (Lipinski definition) is 4. The van der Waals surface area contributed by atoms with Crippen LogP contribution in [-0.4, -0.2) is 28.0 Å². The number of methoxy groups -OCH3 is 1. The van der Waals surface area contributed by atoms with E-state index in [0.717, 1.165) is 16.9 Å². The Morgan fingerprint density at radius 1 is 0.968 bits per heavy atom. The molecule has 3 aromatic rings. The molecular weight excluding hydrogens is 412 g/mol. The fraction of sp³-hybridized carbons (Fsp3) is 0.208. The van der Waals surface area contributed by atoms with E-state index in [2.05, 4.69) is 10.0 Å². The smallest absolute Gasteiger partial charge is 0.262 e. The lowest BCUT2D eigenvalue weighted by molar-refractivity contribution is 0.0954. The normalized spacial score (nSPS) is 11.1. The van der Waals surface area contributed by atoms with Crippen LogP contribution >= 0.6 is 0 Å². The van der Waals surface area contributed by atoms with Crippen LogP contribution in [0.25, 0.3) is 0 Å². The van der Waals surface area contributed by atoms with Gasteiger partial charge in [0, 0.05) is 17.8 Å². The lowest BCUT2D eigenvalue weighted by atomic mass is 10.1. The van der Waals surface area contributed by atoms with Crippen LogP contribution in [0, 0.1) is 13.8 Å². The summed E-state index contributed by atoms with van der Waals surface area (Å²) < 4.78 is 33.3. The van der Waals surface area contributed by atoms with Crippen LogP contribution in [0.1, 0.15) is 27.0 Å². The number of rotatable bonds is 8. The van der Waals surface area contributed by atoms with Gasteiger partial charge in [0.05, 0.1) is 12.0 Å². The van der Waals surface area contributed by atoms with Gasteiger partial charge in [0.2, 0.25) is 0 Å². The van der Waals surface area contributed by atoms with Crippen LogP contribution in [0.4, 0.5) is 5.69 Å². The van der Waals surface area contributed by atoms with Gasteiger partial charge in [-0.2, -0.15) is 0 Å². The summed E-state index contributed by atoms with van der Waals surface area (Å²) in [6, 6.07) is 19.4. The van der Waals surface area contributed by atoms with Crippen molar-refractivity contribution in [1.82, 2.24) is 5.32 Å². The lowest BCUT2D eigenvalue weighted by Gasteiger charge is -2.12. The fourth-order valence-electron chi connectivity index (χ4n) is 3.15. The van der Waals surface area contributed by atoms with Crippen molar-refractivity contribution >= 4 is 21.6 Å². The maximum Gasteiger partial charge on any atom is 0.262 e. The van der Waals surface area contributed by atoms with Gasteiger partial charge in [0.15, 0.2) is 0 Å². The van der Waals surface area contributed by atoms with Gasteiger partial charge >= 0.3 is 0 Å². The molecule has 0 atom stereocenters. The number of benzene rings is 3. The van der Waals surface area contributed by atoms with E-state index in [4.69, 9.17) is 4.74 Å². The minimum atomic E-state index is -3.76. The van der Waals surface area contributed by atoms with Crippen molar-refractivity contribution in [2.75, 3.05) is 18.4 Å². The van der Waals surface area contributed by atoms with E-state index in [0.29, 0.717) is 29.8 Å². The van der Waals surface area contributed by atoms with Gasteiger partial charge in [-0.15, -0.1) is 0 Å². The fourth-order valence-corrected chi connectivity index (χ4v) is 4.53. The number of sulfonamides is 1. The number of anilines is 1. The second kappa shape index (κ2) is 9.66. The quantitative estimate of drug-likeness (QED) is 0.555. The van der Waals surface area contributed by atoms with E-state index >= 15 is 0 Å². The zero-order chi connectivity index (χ0) is 22.4. The molecule has 0 saturated carbocycles. The average molecular weight is 439 g/mol. The minimum absolute atomic E-state index is 0.224. The summed E-state index contributed by atoms with van der Waals surface area (Å²) in [5, 5.41) is 2.87. The maximum absolute atomic E-state index is 12.8. The first-order valence-corrected chi connectivity index (χ1v) is 11.4. The summed E-state index contributed by atoms with van der Waals surface area (Å²) in [4.78, 5) is 12.7. The molecule has 0 unspecified atom stereocenters. The summed E-state index contributed by atoms with van der Waals surface area (Å²) in [7, 11) is -2.14. The molecular formula is C24H26N2O4S. The summed E-state index contributed by atoms with van der Waals surface area (Å²) in [5.74, 6) is 0.522. The van der Waals surface area contributed by atoms with E-state index in [1.165, 1.54) is 6.07 Å². The lowest BCUT2D eigenvalue weighted by Crippen LogP contribution is -2.25. The molecule has 0 aromatic heterocycles. The van der Waals surface area contributed by atoms with Gasteiger partial charge in [0.25, 0.3) is 15.9 Å². The third-order valence-electron chi connectivity index (χ3n) is 4.87. The summed E-state index contributed by atoms with van der Waals surface area (Å²) in [6.45, 7) is 4.06. The Balaban J connectivity index is 1.65. The Labute approximate surface area is 183 Å². The SMILES string of the molecule is COc1ccc(CCNC(=O)c2cccc(NS(=O)(=O)c3cc(C)ccc3C)c2)cc1. The van der Waals surface area contributed by atoms with Crippen molar-refractivity contribution in [3.05, 3.63) is 89.0 Å². The second-order valence-corrected chi connectivity index (χ2v) is 8.96. The first-order chi connectivity index (χ1) is 14.8. The molecule has 0 saturated heterocycles. The van der Waals surface area contributed by atoms with Crippen molar-refractivity contribution in [1.29, 1.82) is 0 Å². The van der Waals surface area contributed by atoms with Gasteiger partial charge in [0.1, 0.15) is 5.75 Å². The Hall–Kier alpha value is -3.32. The number of carbonyl (C=O) groups is 1. The number of amides is 1. The molecule has 2 N–H and O–H groups in total. The summed E-state index contributed by atoms with van der Waals surface area (Å²) in [5.41, 5.74) is 3.32. The van der Waals surface area contributed by atoms with E-state index in [9.17, 15) is 13.2 Å². The highest BCUT2D eigenvalue weighted by Gasteiger charge is 2.18. The van der Waals surface area contributed by atoms with Crippen molar-refractivity contribution < 1.29 is 17.9 Å². The van der Waals surface area contributed by atoms with E-state index in [-0.39, 0.29) is 10.8 Å². The predicted octanol–water partition coefficient (Wildman–Crippen LogP) is 4.09. The van der Waals surface area contributed by atoms with Crippen LogP contribution in [0.15, 0.2) is 71.6 Å². The van der Waals surface area contributed by atoms with Crippen molar-refractivity contribution in [3.8, 4) is 5.75 Å². The molecule has 7 heteroatoms. The number of ether oxygens (including phenoxy) is 1. The standard InChI is InChI=1S/C24H26N2O4S/c1-17-7-8-18(2)23(15-17)31(28,29)26-21-6-4-5-20(16-21)24(27)25-14-13-19-9-11-22(30-3)12-10-19/h4-12,15-16,26H,13-14H2,1-3H3,(H,25,27). The maximum atomic E-state index is 12.8. The van der Waals surface area contributed by atoms with Gasteiger partial charge in [-0.3, -0.25) is 9.52 Å². The largest absolute Gasteiger partial charge is 0.497 e. The van der Waals surface area contributed by atoms with Gasteiger partial charge in [-0.25, -0.2) is 8.42 Å². The van der Waals surface area contributed by atoms with Crippen LogP contribution in [0.5, 0.6) is 5.75 Å². The van der Waals surface area contributed by atoms with Gasteiger partial charge in [-0.05, 0) is 73.4 Å². The van der Waals surface area contributed by atoms with Crippen LogP contribution in [0.2, 0.25) is 0 Å².